The summed E-state index contributed by atoms with van der Waals surface area (Å²) in [6.07, 6.45) is 0. The SMILES string of the molecule is CNC(=O)COC(=O)c1cc2ccccc2cc1OCc1c(C)noc1C. The van der Waals surface area contributed by atoms with E-state index in [1.807, 2.05) is 31.2 Å². The second-order valence-corrected chi connectivity index (χ2v) is 6.04. The van der Waals surface area contributed by atoms with Crippen LogP contribution in [0.2, 0.25) is 0 Å². The number of carbonyl (C=O) groups excluding carboxylic acids is 2. The molecule has 1 N–H and O–H groups in total. The zero-order chi connectivity index (χ0) is 19.4. The monoisotopic (exact) mass is 368 g/mol. The maximum atomic E-state index is 12.5. The van der Waals surface area contributed by atoms with Gasteiger partial charge in [0.15, 0.2) is 6.61 Å². The predicted molar refractivity (Wildman–Crippen MR) is 98.6 cm³/mol. The highest BCUT2D eigenvalue weighted by atomic mass is 16.5. The second kappa shape index (κ2) is 7.90. The van der Waals surface area contributed by atoms with E-state index in [1.54, 1.807) is 19.1 Å². The Kier molecular flexibility index (Phi) is 5.40. The molecule has 0 aliphatic carbocycles. The summed E-state index contributed by atoms with van der Waals surface area (Å²) in [4.78, 5) is 23.9. The van der Waals surface area contributed by atoms with Gasteiger partial charge in [-0.2, -0.15) is 0 Å². The number of fused-ring (bicyclic) bond motifs is 1. The van der Waals surface area contributed by atoms with E-state index in [-0.39, 0.29) is 24.7 Å². The molecule has 0 aliphatic rings. The lowest BCUT2D eigenvalue weighted by Crippen LogP contribution is -2.25. The van der Waals surface area contributed by atoms with Crippen molar-refractivity contribution in [3.05, 3.63) is 59.0 Å². The first-order valence-electron chi connectivity index (χ1n) is 8.44. The molecular formula is C20H20N2O5. The van der Waals surface area contributed by atoms with E-state index < -0.39 is 5.97 Å². The molecule has 0 aliphatic heterocycles. The molecule has 0 spiro atoms. The lowest BCUT2D eigenvalue weighted by molar-refractivity contribution is -0.123. The Labute approximate surface area is 156 Å². The molecular weight excluding hydrogens is 348 g/mol. The van der Waals surface area contributed by atoms with Gasteiger partial charge in [-0.15, -0.1) is 0 Å². The van der Waals surface area contributed by atoms with Crippen LogP contribution in [0.1, 0.15) is 27.4 Å². The fourth-order valence-electron chi connectivity index (χ4n) is 2.64. The molecule has 0 radical (unpaired) electrons. The Balaban J connectivity index is 1.91. The number of nitrogens with one attached hydrogen (secondary N) is 1. The molecule has 1 aromatic heterocycles. The van der Waals surface area contributed by atoms with E-state index >= 15 is 0 Å². The highest BCUT2D eigenvalue weighted by Gasteiger charge is 2.18. The highest BCUT2D eigenvalue weighted by Crippen LogP contribution is 2.28. The van der Waals surface area contributed by atoms with E-state index in [2.05, 4.69) is 10.5 Å². The molecule has 0 saturated carbocycles. The van der Waals surface area contributed by atoms with E-state index in [9.17, 15) is 9.59 Å². The van der Waals surface area contributed by atoms with Gasteiger partial charge in [0.05, 0.1) is 11.3 Å². The summed E-state index contributed by atoms with van der Waals surface area (Å²) < 4.78 is 16.1. The first kappa shape index (κ1) is 18.4. The summed E-state index contributed by atoms with van der Waals surface area (Å²) in [6, 6.07) is 11.1. The second-order valence-electron chi connectivity index (χ2n) is 6.04. The van der Waals surface area contributed by atoms with Crippen molar-refractivity contribution in [1.29, 1.82) is 0 Å². The Morgan fingerprint density at radius 3 is 2.48 bits per heavy atom. The standard InChI is InChI=1S/C20H20N2O5/c1-12-17(13(2)27-22-12)10-25-18-9-15-7-5-4-6-14(15)8-16(18)20(24)26-11-19(23)21-3/h4-9H,10-11H2,1-3H3,(H,21,23). The van der Waals surface area contributed by atoms with E-state index in [4.69, 9.17) is 14.0 Å². The third-order valence-corrected chi connectivity index (χ3v) is 4.23. The zero-order valence-corrected chi connectivity index (χ0v) is 15.4. The summed E-state index contributed by atoms with van der Waals surface area (Å²) in [5.41, 5.74) is 1.81. The summed E-state index contributed by atoms with van der Waals surface area (Å²) in [5, 5.41) is 8.11. The third kappa shape index (κ3) is 4.08. The number of aromatic nitrogens is 1. The largest absolute Gasteiger partial charge is 0.488 e. The van der Waals surface area contributed by atoms with Crippen LogP contribution in [-0.2, 0) is 16.1 Å². The molecule has 0 fully saturated rings. The molecule has 0 atom stereocenters. The van der Waals surface area contributed by atoms with Crippen molar-refractivity contribution in [2.45, 2.75) is 20.5 Å². The molecule has 0 unspecified atom stereocenters. The molecule has 0 bridgehead atoms. The maximum Gasteiger partial charge on any atom is 0.342 e. The van der Waals surface area contributed by atoms with Gasteiger partial charge in [-0.1, -0.05) is 29.4 Å². The highest BCUT2D eigenvalue weighted by molar-refractivity contribution is 5.99. The van der Waals surface area contributed by atoms with Gasteiger partial charge in [0, 0.05) is 7.05 Å². The first-order valence-corrected chi connectivity index (χ1v) is 8.44. The molecule has 1 amide bonds. The summed E-state index contributed by atoms with van der Waals surface area (Å²) in [5.74, 6) is 0.0214. The van der Waals surface area contributed by atoms with E-state index in [0.717, 1.165) is 22.0 Å². The van der Waals surface area contributed by atoms with Gasteiger partial charge in [-0.3, -0.25) is 4.79 Å². The fourth-order valence-corrected chi connectivity index (χ4v) is 2.64. The van der Waals surface area contributed by atoms with Crippen LogP contribution in [-0.4, -0.2) is 30.7 Å². The number of likely N-dealkylation sites (N-methyl/N-ethyl adjacent to an activating group) is 1. The van der Waals surface area contributed by atoms with E-state index in [1.165, 1.54) is 7.05 Å². The molecule has 140 valence electrons. The van der Waals surface area contributed by atoms with Gasteiger partial charge in [0.1, 0.15) is 23.7 Å². The number of benzene rings is 2. The van der Waals surface area contributed by atoms with Gasteiger partial charge in [-0.25, -0.2) is 4.79 Å². The molecule has 7 nitrogen and oxygen atoms in total. The number of aryl methyl sites for hydroxylation is 2. The van der Waals surface area contributed by atoms with Gasteiger partial charge in [0.25, 0.3) is 5.91 Å². The topological polar surface area (TPSA) is 90.7 Å². The van der Waals surface area contributed by atoms with Gasteiger partial charge in [0.2, 0.25) is 0 Å². The normalized spacial score (nSPS) is 10.6. The van der Waals surface area contributed by atoms with Crippen molar-refractivity contribution in [3.63, 3.8) is 0 Å². The summed E-state index contributed by atoms with van der Waals surface area (Å²) in [7, 11) is 1.48. The van der Waals surface area contributed by atoms with Gasteiger partial charge in [-0.05, 0) is 36.8 Å². The molecule has 7 heteroatoms. The molecule has 1 heterocycles. The molecule has 0 saturated heterocycles. The maximum absolute atomic E-state index is 12.5. The van der Waals surface area contributed by atoms with Crippen LogP contribution >= 0.6 is 0 Å². The predicted octanol–water partition coefficient (Wildman–Crippen LogP) is 2.93. The fraction of sp³-hybridized carbons (Fsp3) is 0.250. The minimum atomic E-state index is -0.627. The quantitative estimate of drug-likeness (QED) is 0.673. The van der Waals surface area contributed by atoms with Crippen molar-refractivity contribution in [1.82, 2.24) is 10.5 Å². The first-order chi connectivity index (χ1) is 13.0. The van der Waals surface area contributed by atoms with Crippen molar-refractivity contribution in [2.75, 3.05) is 13.7 Å². The van der Waals surface area contributed by atoms with Crippen molar-refractivity contribution >= 4 is 22.6 Å². The van der Waals surface area contributed by atoms with Gasteiger partial charge >= 0.3 is 5.97 Å². The van der Waals surface area contributed by atoms with Crippen molar-refractivity contribution < 1.29 is 23.6 Å². The lowest BCUT2D eigenvalue weighted by Gasteiger charge is -2.13. The minimum Gasteiger partial charge on any atom is -0.488 e. The average molecular weight is 368 g/mol. The smallest absolute Gasteiger partial charge is 0.342 e. The third-order valence-electron chi connectivity index (χ3n) is 4.23. The summed E-state index contributed by atoms with van der Waals surface area (Å²) >= 11 is 0. The number of nitrogens with zero attached hydrogens (tertiary/aromatic N) is 1. The van der Waals surface area contributed by atoms with Crippen LogP contribution in [0.15, 0.2) is 40.9 Å². The van der Waals surface area contributed by atoms with Crippen molar-refractivity contribution in [3.8, 4) is 5.75 Å². The Morgan fingerprint density at radius 2 is 1.85 bits per heavy atom. The number of hydrogen-bond donors (Lipinski definition) is 1. The molecule has 27 heavy (non-hydrogen) atoms. The van der Waals surface area contributed by atoms with Crippen LogP contribution in [0.5, 0.6) is 5.75 Å². The Morgan fingerprint density at radius 1 is 1.15 bits per heavy atom. The molecule has 3 rings (SSSR count). The minimum absolute atomic E-state index is 0.204. The average Bonchev–Trinajstić information content (AvgIpc) is 3.01. The lowest BCUT2D eigenvalue weighted by atomic mass is 10.1. The number of carbonyl (C=O) groups is 2. The van der Waals surface area contributed by atoms with Crippen LogP contribution in [0, 0.1) is 13.8 Å². The molecule has 3 aromatic rings. The van der Waals surface area contributed by atoms with Gasteiger partial charge < -0.3 is 19.3 Å². The number of amides is 1. The van der Waals surface area contributed by atoms with Crippen LogP contribution in [0.25, 0.3) is 10.8 Å². The van der Waals surface area contributed by atoms with Crippen LogP contribution in [0.3, 0.4) is 0 Å². The number of rotatable bonds is 6. The van der Waals surface area contributed by atoms with Crippen LogP contribution in [0.4, 0.5) is 0 Å². The molecule has 2 aromatic carbocycles. The Bertz CT molecular complexity index is 974. The Hall–Kier alpha value is -3.35. The number of esters is 1. The number of ether oxygens (including phenoxy) is 2. The van der Waals surface area contributed by atoms with Crippen LogP contribution < -0.4 is 10.1 Å². The zero-order valence-electron chi connectivity index (χ0n) is 15.4. The summed E-state index contributed by atoms with van der Waals surface area (Å²) in [6.45, 7) is 3.48. The van der Waals surface area contributed by atoms with E-state index in [0.29, 0.717) is 11.5 Å². The van der Waals surface area contributed by atoms with Crippen molar-refractivity contribution in [2.24, 2.45) is 0 Å². The number of hydrogen-bond acceptors (Lipinski definition) is 6.